The first-order valence-electron chi connectivity index (χ1n) is 8.00. The van der Waals surface area contributed by atoms with E-state index in [-0.39, 0.29) is 12.1 Å². The van der Waals surface area contributed by atoms with Gasteiger partial charge in [-0.05, 0) is 13.3 Å². The van der Waals surface area contributed by atoms with E-state index in [9.17, 15) is 4.79 Å². The lowest BCUT2D eigenvalue weighted by Gasteiger charge is -2.06. The molecule has 19 heavy (non-hydrogen) atoms. The normalized spacial score (nSPS) is 12.4. The molecule has 0 amide bonds. The number of unbranched alkanes of at least 4 members (excludes halogenated alkanes) is 8. The van der Waals surface area contributed by atoms with Gasteiger partial charge in [-0.25, -0.2) is 0 Å². The largest absolute Gasteiger partial charge is 0.466 e. The average molecular weight is 272 g/mol. The van der Waals surface area contributed by atoms with Crippen molar-refractivity contribution in [2.45, 2.75) is 90.6 Å². The Bertz CT molecular complexity index is 202. The molecule has 0 spiro atoms. The summed E-state index contributed by atoms with van der Waals surface area (Å²) in [7, 11) is 0. The van der Waals surface area contributed by atoms with Crippen LogP contribution >= 0.6 is 0 Å². The van der Waals surface area contributed by atoms with E-state index < -0.39 is 0 Å². The maximum Gasteiger partial charge on any atom is 0.305 e. The summed E-state index contributed by atoms with van der Waals surface area (Å²) in [5.74, 6) is -0.122. The van der Waals surface area contributed by atoms with Gasteiger partial charge in [-0.2, -0.15) is 0 Å². The SMILES string of the molecule is CCCCCCCCCCCC(=O)OCCC(C)O. The monoisotopic (exact) mass is 272 g/mol. The molecule has 114 valence electrons. The van der Waals surface area contributed by atoms with Gasteiger partial charge >= 0.3 is 5.97 Å². The molecule has 1 N–H and O–H groups in total. The van der Waals surface area contributed by atoms with E-state index in [0.29, 0.717) is 19.4 Å². The summed E-state index contributed by atoms with van der Waals surface area (Å²) in [6.07, 6.45) is 12.0. The van der Waals surface area contributed by atoms with Crippen molar-refractivity contribution in [3.05, 3.63) is 0 Å². The standard InChI is InChI=1S/C16H32O3/c1-3-4-5-6-7-8-9-10-11-12-16(18)19-14-13-15(2)17/h15,17H,3-14H2,1-2H3. The molecule has 3 nitrogen and oxygen atoms in total. The van der Waals surface area contributed by atoms with Gasteiger partial charge in [-0.15, -0.1) is 0 Å². The van der Waals surface area contributed by atoms with Crippen LogP contribution in [0.4, 0.5) is 0 Å². The highest BCUT2D eigenvalue weighted by Gasteiger charge is 2.03. The lowest BCUT2D eigenvalue weighted by atomic mass is 10.1. The lowest BCUT2D eigenvalue weighted by Crippen LogP contribution is -2.10. The van der Waals surface area contributed by atoms with Crippen molar-refractivity contribution in [1.82, 2.24) is 0 Å². The van der Waals surface area contributed by atoms with Gasteiger partial charge in [0.2, 0.25) is 0 Å². The number of rotatable bonds is 13. The molecule has 0 heterocycles. The maximum absolute atomic E-state index is 11.3. The zero-order valence-electron chi connectivity index (χ0n) is 12.8. The van der Waals surface area contributed by atoms with Gasteiger partial charge in [-0.3, -0.25) is 4.79 Å². The van der Waals surface area contributed by atoms with Crippen LogP contribution in [0.25, 0.3) is 0 Å². The van der Waals surface area contributed by atoms with Crippen molar-refractivity contribution in [1.29, 1.82) is 0 Å². The third-order valence-corrected chi connectivity index (χ3v) is 3.28. The molecule has 0 aromatic rings. The maximum atomic E-state index is 11.3. The topological polar surface area (TPSA) is 46.5 Å². The van der Waals surface area contributed by atoms with Gasteiger partial charge in [-0.1, -0.05) is 58.3 Å². The molecule has 0 saturated carbocycles. The number of carbonyl (C=O) groups excluding carboxylic acids is 1. The number of carbonyl (C=O) groups is 1. The van der Waals surface area contributed by atoms with Crippen molar-refractivity contribution < 1.29 is 14.6 Å². The first kappa shape index (κ1) is 18.4. The predicted octanol–water partition coefficient (Wildman–Crippen LogP) is 4.22. The summed E-state index contributed by atoms with van der Waals surface area (Å²) in [6, 6.07) is 0. The van der Waals surface area contributed by atoms with E-state index in [1.165, 1.54) is 44.9 Å². The Hall–Kier alpha value is -0.570. The second-order valence-corrected chi connectivity index (χ2v) is 5.44. The van der Waals surface area contributed by atoms with Crippen LogP contribution in [-0.2, 0) is 9.53 Å². The Morgan fingerprint density at radius 3 is 2.05 bits per heavy atom. The number of aliphatic hydroxyl groups is 1. The highest BCUT2D eigenvalue weighted by molar-refractivity contribution is 5.69. The first-order chi connectivity index (χ1) is 9.16. The Balaban J connectivity index is 3.14. The molecule has 0 fully saturated rings. The van der Waals surface area contributed by atoms with Crippen molar-refractivity contribution in [3.8, 4) is 0 Å². The highest BCUT2D eigenvalue weighted by atomic mass is 16.5. The fourth-order valence-corrected chi connectivity index (χ4v) is 2.00. The minimum atomic E-state index is -0.388. The van der Waals surface area contributed by atoms with E-state index in [2.05, 4.69) is 6.92 Å². The van der Waals surface area contributed by atoms with Gasteiger partial charge in [0.1, 0.15) is 0 Å². The molecular weight excluding hydrogens is 240 g/mol. The number of hydrogen-bond acceptors (Lipinski definition) is 3. The van der Waals surface area contributed by atoms with E-state index in [1.54, 1.807) is 6.92 Å². The molecule has 0 bridgehead atoms. The smallest absolute Gasteiger partial charge is 0.305 e. The molecule has 0 aromatic heterocycles. The number of aliphatic hydroxyl groups excluding tert-OH is 1. The van der Waals surface area contributed by atoms with Gasteiger partial charge < -0.3 is 9.84 Å². The summed E-state index contributed by atoms with van der Waals surface area (Å²) >= 11 is 0. The first-order valence-corrected chi connectivity index (χ1v) is 8.00. The molecule has 0 rings (SSSR count). The van der Waals surface area contributed by atoms with Crippen LogP contribution in [0.3, 0.4) is 0 Å². The van der Waals surface area contributed by atoms with Crippen LogP contribution < -0.4 is 0 Å². The summed E-state index contributed by atoms with van der Waals surface area (Å²) < 4.78 is 5.03. The fraction of sp³-hybridized carbons (Fsp3) is 0.938. The Morgan fingerprint density at radius 1 is 1.00 bits per heavy atom. The molecule has 3 heteroatoms. The van der Waals surface area contributed by atoms with Crippen LogP contribution in [-0.4, -0.2) is 23.8 Å². The number of esters is 1. The minimum Gasteiger partial charge on any atom is -0.466 e. The van der Waals surface area contributed by atoms with E-state index in [0.717, 1.165) is 12.8 Å². The number of ether oxygens (including phenoxy) is 1. The van der Waals surface area contributed by atoms with Crippen LogP contribution in [0.2, 0.25) is 0 Å². The molecule has 0 aromatic carbocycles. The van der Waals surface area contributed by atoms with Crippen molar-refractivity contribution >= 4 is 5.97 Å². The minimum absolute atomic E-state index is 0.122. The van der Waals surface area contributed by atoms with Crippen LogP contribution in [0.15, 0.2) is 0 Å². The van der Waals surface area contributed by atoms with Crippen LogP contribution in [0.5, 0.6) is 0 Å². The van der Waals surface area contributed by atoms with Crippen molar-refractivity contribution in [2.24, 2.45) is 0 Å². The third kappa shape index (κ3) is 15.4. The third-order valence-electron chi connectivity index (χ3n) is 3.28. The molecule has 0 aliphatic rings. The van der Waals surface area contributed by atoms with Gasteiger partial charge in [0, 0.05) is 12.8 Å². The summed E-state index contributed by atoms with van der Waals surface area (Å²) in [6.45, 7) is 4.28. The van der Waals surface area contributed by atoms with Crippen molar-refractivity contribution in [2.75, 3.05) is 6.61 Å². The zero-order chi connectivity index (χ0) is 14.3. The number of hydrogen-bond donors (Lipinski definition) is 1. The average Bonchev–Trinajstić information content (AvgIpc) is 2.36. The van der Waals surface area contributed by atoms with E-state index >= 15 is 0 Å². The molecular formula is C16H32O3. The molecule has 0 aliphatic heterocycles. The highest BCUT2D eigenvalue weighted by Crippen LogP contribution is 2.10. The molecule has 1 atom stereocenters. The van der Waals surface area contributed by atoms with Gasteiger partial charge in [0.15, 0.2) is 0 Å². The van der Waals surface area contributed by atoms with Crippen molar-refractivity contribution in [3.63, 3.8) is 0 Å². The Kier molecular flexibility index (Phi) is 13.4. The summed E-state index contributed by atoms with van der Waals surface area (Å²) in [5, 5.41) is 9.02. The quantitative estimate of drug-likeness (QED) is 0.403. The molecule has 0 saturated heterocycles. The van der Waals surface area contributed by atoms with E-state index in [4.69, 9.17) is 9.84 Å². The van der Waals surface area contributed by atoms with Gasteiger partial charge in [0.05, 0.1) is 12.7 Å². The second-order valence-electron chi connectivity index (χ2n) is 5.44. The second kappa shape index (κ2) is 13.9. The Labute approximate surface area is 118 Å². The van der Waals surface area contributed by atoms with Crippen LogP contribution in [0, 0.1) is 0 Å². The molecule has 1 unspecified atom stereocenters. The molecule has 0 aliphatic carbocycles. The predicted molar refractivity (Wildman–Crippen MR) is 79.1 cm³/mol. The molecule has 0 radical (unpaired) electrons. The van der Waals surface area contributed by atoms with E-state index in [1.807, 2.05) is 0 Å². The summed E-state index contributed by atoms with van der Waals surface area (Å²) in [4.78, 5) is 11.3. The van der Waals surface area contributed by atoms with Gasteiger partial charge in [0.25, 0.3) is 0 Å². The summed E-state index contributed by atoms with van der Waals surface area (Å²) in [5.41, 5.74) is 0. The zero-order valence-corrected chi connectivity index (χ0v) is 12.8. The Morgan fingerprint density at radius 2 is 1.53 bits per heavy atom. The van der Waals surface area contributed by atoms with Crippen LogP contribution in [0.1, 0.15) is 84.5 Å². The lowest BCUT2D eigenvalue weighted by molar-refractivity contribution is -0.144. The fourth-order valence-electron chi connectivity index (χ4n) is 2.00.